The van der Waals surface area contributed by atoms with E-state index < -0.39 is 0 Å². The quantitative estimate of drug-likeness (QED) is 0.722. The third-order valence-electron chi connectivity index (χ3n) is 3.15. The Morgan fingerprint density at radius 2 is 2.29 bits per heavy atom. The minimum atomic E-state index is 0.273. The Balaban J connectivity index is 2.39. The van der Waals surface area contributed by atoms with Gasteiger partial charge in [-0.3, -0.25) is 0 Å². The Hall–Kier alpha value is -0.500. The molecule has 78 valence electrons. The van der Waals surface area contributed by atoms with E-state index in [4.69, 9.17) is 4.74 Å². The van der Waals surface area contributed by atoms with Crippen molar-refractivity contribution < 1.29 is 4.74 Å². The Labute approximate surface area is 90.1 Å². The maximum absolute atomic E-state index is 5.79. The summed E-state index contributed by atoms with van der Waals surface area (Å²) in [6.07, 6.45) is 3.55. The first-order valence-corrected chi connectivity index (χ1v) is 6.27. The van der Waals surface area contributed by atoms with E-state index in [2.05, 4.69) is 26.2 Å². The second-order valence-corrected chi connectivity index (χ2v) is 5.49. The topological polar surface area (TPSA) is 9.23 Å². The van der Waals surface area contributed by atoms with Gasteiger partial charge in [-0.15, -0.1) is 11.3 Å². The van der Waals surface area contributed by atoms with Crippen molar-refractivity contribution in [3.63, 3.8) is 0 Å². The molecular formula is C12H18OS. The molecule has 0 atom stereocenters. The van der Waals surface area contributed by atoms with Crippen LogP contribution in [0, 0.1) is 0 Å². The molecule has 0 saturated carbocycles. The predicted octanol–water partition coefficient (Wildman–Crippen LogP) is 3.76. The van der Waals surface area contributed by atoms with Gasteiger partial charge in [0.2, 0.25) is 0 Å². The highest BCUT2D eigenvalue weighted by Crippen LogP contribution is 2.43. The summed E-state index contributed by atoms with van der Waals surface area (Å²) in [6.45, 7) is 7.75. The zero-order chi connectivity index (χ0) is 10.2. The highest BCUT2D eigenvalue weighted by Gasteiger charge is 2.27. The molecule has 0 amide bonds. The maximum Gasteiger partial charge on any atom is 0.136 e. The van der Waals surface area contributed by atoms with Crippen molar-refractivity contribution in [1.82, 2.24) is 0 Å². The van der Waals surface area contributed by atoms with E-state index in [1.807, 2.05) is 11.3 Å². The largest absolute Gasteiger partial charge is 0.492 e. The van der Waals surface area contributed by atoms with Gasteiger partial charge in [-0.1, -0.05) is 20.8 Å². The molecule has 2 heterocycles. The van der Waals surface area contributed by atoms with E-state index in [0.29, 0.717) is 0 Å². The van der Waals surface area contributed by atoms with Gasteiger partial charge >= 0.3 is 0 Å². The van der Waals surface area contributed by atoms with Crippen LogP contribution in [0.5, 0.6) is 5.75 Å². The lowest BCUT2D eigenvalue weighted by Gasteiger charge is -2.24. The molecule has 0 aromatic carbocycles. The van der Waals surface area contributed by atoms with Gasteiger partial charge in [-0.2, -0.15) is 0 Å². The fourth-order valence-corrected chi connectivity index (χ4v) is 3.02. The molecule has 0 N–H and O–H groups in total. The first kappa shape index (κ1) is 10.0. The Bertz CT molecular complexity index is 325. The predicted molar refractivity (Wildman–Crippen MR) is 61.5 cm³/mol. The van der Waals surface area contributed by atoms with Crippen LogP contribution in [0.3, 0.4) is 0 Å². The van der Waals surface area contributed by atoms with Crippen molar-refractivity contribution in [3.8, 4) is 5.75 Å². The summed E-state index contributed by atoms with van der Waals surface area (Å²) in [5.74, 6) is 1.20. The van der Waals surface area contributed by atoms with Crippen molar-refractivity contribution >= 4 is 11.3 Å². The maximum atomic E-state index is 5.79. The summed E-state index contributed by atoms with van der Waals surface area (Å²) in [4.78, 5) is 1.44. The third-order valence-corrected chi connectivity index (χ3v) is 4.53. The first-order chi connectivity index (χ1) is 6.65. The SMILES string of the molecule is CCC(C)(C)c1scc2c1OCCC2. The van der Waals surface area contributed by atoms with Crippen LogP contribution < -0.4 is 4.74 Å². The number of thiophene rings is 1. The Morgan fingerprint density at radius 1 is 1.50 bits per heavy atom. The molecule has 0 bridgehead atoms. The van der Waals surface area contributed by atoms with Crippen LogP contribution in [0.2, 0.25) is 0 Å². The molecule has 1 aromatic rings. The average Bonchev–Trinajstić information content (AvgIpc) is 2.61. The zero-order valence-electron chi connectivity index (χ0n) is 9.22. The van der Waals surface area contributed by atoms with Gasteiger partial charge in [0.1, 0.15) is 5.75 Å². The van der Waals surface area contributed by atoms with Crippen LogP contribution in [-0.2, 0) is 11.8 Å². The van der Waals surface area contributed by atoms with Gasteiger partial charge in [0.05, 0.1) is 11.5 Å². The average molecular weight is 210 g/mol. The second kappa shape index (κ2) is 3.58. The fraction of sp³-hybridized carbons (Fsp3) is 0.667. The standard InChI is InChI=1S/C12H18OS/c1-4-12(2,3)11-10-9(8-14-11)6-5-7-13-10/h8H,4-7H2,1-3H3. The van der Waals surface area contributed by atoms with Crippen LogP contribution in [0.25, 0.3) is 0 Å². The summed E-state index contributed by atoms with van der Waals surface area (Å²) in [7, 11) is 0. The van der Waals surface area contributed by atoms with Gasteiger partial charge < -0.3 is 4.74 Å². The Kier molecular flexibility index (Phi) is 2.56. The van der Waals surface area contributed by atoms with Gasteiger partial charge in [-0.25, -0.2) is 0 Å². The fourth-order valence-electron chi connectivity index (χ4n) is 1.78. The summed E-state index contributed by atoms with van der Waals surface area (Å²) in [5, 5.41) is 2.28. The lowest BCUT2D eigenvalue weighted by Crippen LogP contribution is -2.17. The zero-order valence-corrected chi connectivity index (χ0v) is 10.0. The second-order valence-electron chi connectivity index (χ2n) is 4.61. The van der Waals surface area contributed by atoms with Crippen LogP contribution in [0.1, 0.15) is 44.1 Å². The molecule has 0 aliphatic carbocycles. The molecule has 14 heavy (non-hydrogen) atoms. The van der Waals surface area contributed by atoms with Crippen LogP contribution >= 0.6 is 11.3 Å². The first-order valence-electron chi connectivity index (χ1n) is 5.39. The van der Waals surface area contributed by atoms with Gasteiger partial charge in [0.15, 0.2) is 0 Å². The van der Waals surface area contributed by atoms with Crippen molar-refractivity contribution in [2.24, 2.45) is 0 Å². The van der Waals surface area contributed by atoms with Gasteiger partial charge in [-0.05, 0) is 24.6 Å². The minimum absolute atomic E-state index is 0.273. The van der Waals surface area contributed by atoms with Crippen molar-refractivity contribution in [3.05, 3.63) is 15.8 Å². The summed E-state index contributed by atoms with van der Waals surface area (Å²) < 4.78 is 5.79. The molecule has 2 heteroatoms. The third kappa shape index (κ3) is 1.56. The van der Waals surface area contributed by atoms with Crippen LogP contribution in [0.4, 0.5) is 0 Å². The molecule has 0 saturated heterocycles. The molecular weight excluding hydrogens is 192 g/mol. The number of hydrogen-bond acceptors (Lipinski definition) is 2. The van der Waals surface area contributed by atoms with E-state index in [1.165, 1.54) is 35.5 Å². The number of fused-ring (bicyclic) bond motifs is 1. The number of hydrogen-bond donors (Lipinski definition) is 0. The van der Waals surface area contributed by atoms with E-state index in [-0.39, 0.29) is 5.41 Å². The highest BCUT2D eigenvalue weighted by molar-refractivity contribution is 7.10. The Morgan fingerprint density at radius 3 is 3.00 bits per heavy atom. The highest BCUT2D eigenvalue weighted by atomic mass is 32.1. The van der Waals surface area contributed by atoms with Crippen molar-refractivity contribution in [2.75, 3.05) is 6.61 Å². The number of ether oxygens (including phenoxy) is 1. The van der Waals surface area contributed by atoms with E-state index in [0.717, 1.165) is 6.61 Å². The summed E-state index contributed by atoms with van der Waals surface area (Å²) >= 11 is 1.87. The smallest absolute Gasteiger partial charge is 0.136 e. The molecule has 0 spiro atoms. The number of rotatable bonds is 2. The van der Waals surface area contributed by atoms with E-state index in [1.54, 1.807) is 0 Å². The molecule has 0 radical (unpaired) electrons. The van der Waals surface area contributed by atoms with Crippen LogP contribution in [0.15, 0.2) is 5.38 Å². The lowest BCUT2D eigenvalue weighted by molar-refractivity contribution is 0.281. The molecule has 0 fully saturated rings. The lowest BCUT2D eigenvalue weighted by atomic mass is 9.87. The normalized spacial score (nSPS) is 16.2. The molecule has 1 aromatic heterocycles. The van der Waals surface area contributed by atoms with Gasteiger partial charge in [0, 0.05) is 11.0 Å². The summed E-state index contributed by atoms with van der Waals surface area (Å²) in [6, 6.07) is 0. The monoisotopic (exact) mass is 210 g/mol. The molecule has 0 unspecified atom stereocenters. The molecule has 2 rings (SSSR count). The molecule has 1 aliphatic rings. The van der Waals surface area contributed by atoms with Crippen molar-refractivity contribution in [1.29, 1.82) is 0 Å². The summed E-state index contributed by atoms with van der Waals surface area (Å²) in [5.41, 5.74) is 1.70. The van der Waals surface area contributed by atoms with E-state index >= 15 is 0 Å². The molecule has 1 nitrogen and oxygen atoms in total. The minimum Gasteiger partial charge on any atom is -0.492 e. The number of aryl methyl sites for hydroxylation is 1. The van der Waals surface area contributed by atoms with Gasteiger partial charge in [0.25, 0.3) is 0 Å². The van der Waals surface area contributed by atoms with Crippen molar-refractivity contribution in [2.45, 2.75) is 45.4 Å². The van der Waals surface area contributed by atoms with Crippen LogP contribution in [-0.4, -0.2) is 6.61 Å². The molecule has 1 aliphatic heterocycles. The van der Waals surface area contributed by atoms with E-state index in [9.17, 15) is 0 Å².